The van der Waals surface area contributed by atoms with Crippen LogP contribution >= 0.6 is 11.6 Å². The summed E-state index contributed by atoms with van der Waals surface area (Å²) in [6.45, 7) is 2.02. The standard InChI is InChI=1S/C9H11ClO/c1-7-4-3-5-9(11-2)8(10)6-7/h4-6H,3H2,1-2H3. The van der Waals surface area contributed by atoms with E-state index < -0.39 is 0 Å². The molecule has 0 aromatic carbocycles. The van der Waals surface area contributed by atoms with Gasteiger partial charge in [-0.1, -0.05) is 23.3 Å². The highest BCUT2D eigenvalue weighted by Gasteiger charge is 2.03. The third-order valence-electron chi connectivity index (χ3n) is 1.55. The Morgan fingerprint density at radius 2 is 2.18 bits per heavy atom. The molecule has 0 atom stereocenters. The minimum atomic E-state index is 0.679. The Labute approximate surface area is 72.0 Å². The number of halogens is 1. The van der Waals surface area contributed by atoms with Gasteiger partial charge in [0.1, 0.15) is 5.76 Å². The molecule has 0 amide bonds. The number of hydrogen-bond donors (Lipinski definition) is 0. The highest BCUT2D eigenvalue weighted by molar-refractivity contribution is 6.31. The van der Waals surface area contributed by atoms with E-state index in [1.54, 1.807) is 7.11 Å². The molecule has 0 bridgehead atoms. The molecule has 0 heterocycles. The fraction of sp³-hybridized carbons (Fsp3) is 0.333. The molecule has 0 aromatic heterocycles. The van der Waals surface area contributed by atoms with Crippen LogP contribution in [0.5, 0.6) is 0 Å². The Kier molecular flexibility index (Phi) is 2.77. The zero-order valence-electron chi connectivity index (χ0n) is 6.73. The summed E-state index contributed by atoms with van der Waals surface area (Å²) in [4.78, 5) is 0. The largest absolute Gasteiger partial charge is 0.496 e. The lowest BCUT2D eigenvalue weighted by Gasteiger charge is -2.01. The normalized spacial score (nSPS) is 17.9. The van der Waals surface area contributed by atoms with E-state index in [9.17, 15) is 0 Å². The van der Waals surface area contributed by atoms with Crippen molar-refractivity contribution in [3.05, 3.63) is 34.6 Å². The Morgan fingerprint density at radius 3 is 2.82 bits per heavy atom. The van der Waals surface area contributed by atoms with Crippen LogP contribution in [0.25, 0.3) is 0 Å². The molecule has 1 rings (SSSR count). The van der Waals surface area contributed by atoms with Crippen LogP contribution in [-0.2, 0) is 4.74 Å². The van der Waals surface area contributed by atoms with E-state index in [-0.39, 0.29) is 0 Å². The minimum Gasteiger partial charge on any atom is -0.496 e. The summed E-state index contributed by atoms with van der Waals surface area (Å²) >= 11 is 5.91. The van der Waals surface area contributed by atoms with Gasteiger partial charge in [-0.25, -0.2) is 0 Å². The van der Waals surface area contributed by atoms with E-state index in [0.29, 0.717) is 5.03 Å². The topological polar surface area (TPSA) is 9.23 Å². The number of rotatable bonds is 1. The monoisotopic (exact) mass is 170 g/mol. The molecular weight excluding hydrogens is 160 g/mol. The van der Waals surface area contributed by atoms with E-state index in [4.69, 9.17) is 16.3 Å². The van der Waals surface area contributed by atoms with Crippen molar-refractivity contribution in [2.45, 2.75) is 13.3 Å². The van der Waals surface area contributed by atoms with Crippen molar-refractivity contribution in [2.24, 2.45) is 0 Å². The van der Waals surface area contributed by atoms with Gasteiger partial charge in [-0.05, 0) is 25.5 Å². The Hall–Kier alpha value is -0.690. The summed E-state index contributed by atoms with van der Waals surface area (Å²) in [7, 11) is 1.63. The predicted molar refractivity (Wildman–Crippen MR) is 47.4 cm³/mol. The maximum atomic E-state index is 5.91. The van der Waals surface area contributed by atoms with Crippen LogP contribution in [0.2, 0.25) is 0 Å². The summed E-state index contributed by atoms with van der Waals surface area (Å²) in [5.74, 6) is 0.764. The van der Waals surface area contributed by atoms with Gasteiger partial charge >= 0.3 is 0 Å². The molecule has 0 saturated carbocycles. The molecule has 2 heteroatoms. The van der Waals surface area contributed by atoms with Crippen LogP contribution in [0.15, 0.2) is 34.6 Å². The van der Waals surface area contributed by atoms with E-state index in [2.05, 4.69) is 6.08 Å². The van der Waals surface area contributed by atoms with Gasteiger partial charge in [0.2, 0.25) is 0 Å². The number of ether oxygens (including phenoxy) is 1. The van der Waals surface area contributed by atoms with Gasteiger partial charge < -0.3 is 4.74 Å². The highest BCUT2D eigenvalue weighted by atomic mass is 35.5. The van der Waals surface area contributed by atoms with Crippen LogP contribution in [-0.4, -0.2) is 7.11 Å². The van der Waals surface area contributed by atoms with E-state index in [1.165, 1.54) is 5.57 Å². The third kappa shape index (κ3) is 2.12. The average Bonchev–Trinajstić information content (AvgIpc) is 2.11. The quantitative estimate of drug-likeness (QED) is 0.588. The lowest BCUT2D eigenvalue weighted by molar-refractivity contribution is 0.303. The van der Waals surface area contributed by atoms with Crippen molar-refractivity contribution in [3.63, 3.8) is 0 Å². The molecule has 0 fully saturated rings. The molecule has 60 valence electrons. The van der Waals surface area contributed by atoms with Crippen molar-refractivity contribution in [3.8, 4) is 0 Å². The maximum absolute atomic E-state index is 5.91. The second-order valence-corrected chi connectivity index (χ2v) is 2.86. The third-order valence-corrected chi connectivity index (χ3v) is 1.85. The van der Waals surface area contributed by atoms with Crippen LogP contribution in [0.3, 0.4) is 0 Å². The van der Waals surface area contributed by atoms with Gasteiger partial charge in [-0.15, -0.1) is 0 Å². The summed E-state index contributed by atoms with van der Waals surface area (Å²) in [5, 5.41) is 0.679. The number of allylic oxidation sites excluding steroid dienone is 5. The van der Waals surface area contributed by atoms with Crippen LogP contribution in [0.1, 0.15) is 13.3 Å². The van der Waals surface area contributed by atoms with Gasteiger partial charge in [-0.3, -0.25) is 0 Å². The molecule has 0 aromatic rings. The van der Waals surface area contributed by atoms with Gasteiger partial charge in [0, 0.05) is 0 Å². The van der Waals surface area contributed by atoms with Crippen molar-refractivity contribution >= 4 is 11.6 Å². The molecule has 0 N–H and O–H groups in total. The molecule has 0 saturated heterocycles. The first-order valence-electron chi connectivity index (χ1n) is 3.52. The molecule has 0 spiro atoms. The minimum absolute atomic E-state index is 0.679. The van der Waals surface area contributed by atoms with Crippen LogP contribution in [0.4, 0.5) is 0 Å². The predicted octanol–water partition coefficient (Wildman–Crippen LogP) is 2.99. The molecule has 1 nitrogen and oxygen atoms in total. The van der Waals surface area contributed by atoms with Crippen molar-refractivity contribution in [1.29, 1.82) is 0 Å². The van der Waals surface area contributed by atoms with Gasteiger partial charge in [-0.2, -0.15) is 0 Å². The Balaban J connectivity index is 2.88. The summed E-state index contributed by atoms with van der Waals surface area (Å²) in [6, 6.07) is 0. The van der Waals surface area contributed by atoms with Crippen molar-refractivity contribution in [1.82, 2.24) is 0 Å². The molecule has 1 aliphatic rings. The summed E-state index contributed by atoms with van der Waals surface area (Å²) in [6.07, 6.45) is 6.87. The average molecular weight is 171 g/mol. The van der Waals surface area contributed by atoms with Crippen molar-refractivity contribution in [2.75, 3.05) is 7.11 Å². The zero-order chi connectivity index (χ0) is 8.27. The lowest BCUT2D eigenvalue weighted by atomic mass is 10.2. The molecule has 0 unspecified atom stereocenters. The number of methoxy groups -OCH3 is 1. The molecule has 0 radical (unpaired) electrons. The molecule has 0 aliphatic heterocycles. The lowest BCUT2D eigenvalue weighted by Crippen LogP contribution is -1.85. The second kappa shape index (κ2) is 3.63. The summed E-state index contributed by atoms with van der Waals surface area (Å²) < 4.78 is 5.06. The molecule has 1 aliphatic carbocycles. The van der Waals surface area contributed by atoms with E-state index in [0.717, 1.165) is 12.2 Å². The molecule has 11 heavy (non-hydrogen) atoms. The smallest absolute Gasteiger partial charge is 0.133 e. The fourth-order valence-electron chi connectivity index (χ4n) is 0.960. The highest BCUT2D eigenvalue weighted by Crippen LogP contribution is 2.21. The Morgan fingerprint density at radius 1 is 1.45 bits per heavy atom. The van der Waals surface area contributed by atoms with Crippen molar-refractivity contribution < 1.29 is 4.74 Å². The number of hydrogen-bond acceptors (Lipinski definition) is 1. The Bertz CT molecular complexity index is 236. The van der Waals surface area contributed by atoms with Gasteiger partial charge in [0.15, 0.2) is 0 Å². The second-order valence-electron chi connectivity index (χ2n) is 2.45. The van der Waals surface area contributed by atoms with Gasteiger partial charge in [0.05, 0.1) is 12.1 Å². The van der Waals surface area contributed by atoms with Gasteiger partial charge in [0.25, 0.3) is 0 Å². The maximum Gasteiger partial charge on any atom is 0.133 e. The van der Waals surface area contributed by atoms with Crippen LogP contribution in [0, 0.1) is 0 Å². The first kappa shape index (κ1) is 8.41. The SMILES string of the molecule is COC1=CCC=C(C)C=C1Cl. The zero-order valence-corrected chi connectivity index (χ0v) is 7.48. The first-order chi connectivity index (χ1) is 5.24. The summed E-state index contributed by atoms with van der Waals surface area (Å²) in [5.41, 5.74) is 1.18. The molecular formula is C9H11ClO. The fourth-order valence-corrected chi connectivity index (χ4v) is 1.29. The van der Waals surface area contributed by atoms with E-state index in [1.807, 2.05) is 19.1 Å². The van der Waals surface area contributed by atoms with E-state index >= 15 is 0 Å². The first-order valence-corrected chi connectivity index (χ1v) is 3.90. The van der Waals surface area contributed by atoms with Crippen LogP contribution < -0.4 is 0 Å².